The Bertz CT molecular complexity index is 736. The summed E-state index contributed by atoms with van der Waals surface area (Å²) in [6.07, 6.45) is 0. The van der Waals surface area contributed by atoms with Gasteiger partial charge in [-0.3, -0.25) is 0 Å². The van der Waals surface area contributed by atoms with Crippen molar-refractivity contribution in [3.63, 3.8) is 0 Å². The zero-order chi connectivity index (χ0) is 15.7. The van der Waals surface area contributed by atoms with E-state index in [1.807, 2.05) is 18.3 Å². The van der Waals surface area contributed by atoms with Gasteiger partial charge in [-0.05, 0) is 24.4 Å². The summed E-state index contributed by atoms with van der Waals surface area (Å²) in [4.78, 5) is 5.81. The van der Waals surface area contributed by atoms with Gasteiger partial charge in [-0.25, -0.2) is 0 Å². The molecule has 1 N–H and O–H groups in total. The molecule has 4 nitrogen and oxygen atoms in total. The minimum Gasteiger partial charge on any atom is -0.338 e. The third kappa shape index (κ3) is 3.20. The van der Waals surface area contributed by atoms with E-state index in [1.165, 1.54) is 15.0 Å². The smallest absolute Gasteiger partial charge is 0.243 e. The van der Waals surface area contributed by atoms with E-state index >= 15 is 0 Å². The van der Waals surface area contributed by atoms with Crippen LogP contribution >= 0.6 is 11.3 Å². The fraction of sp³-hybridized carbons (Fsp3) is 0.412. The molecule has 0 aliphatic heterocycles. The maximum absolute atomic E-state index is 5.38. The molecular formula is C17H21N3OS. The second-order valence-corrected chi connectivity index (χ2v) is 7.73. The summed E-state index contributed by atoms with van der Waals surface area (Å²) in [6.45, 7) is 9.09. The molecule has 1 aromatic carbocycles. The molecule has 5 heteroatoms. The number of nitrogens with one attached hydrogen (secondary N) is 1. The summed E-state index contributed by atoms with van der Waals surface area (Å²) < 4.78 is 6.70. The Morgan fingerprint density at radius 2 is 2.05 bits per heavy atom. The number of thiophene rings is 1. The fourth-order valence-electron chi connectivity index (χ4n) is 2.18. The molecule has 0 aliphatic rings. The molecular weight excluding hydrogens is 294 g/mol. The van der Waals surface area contributed by atoms with Crippen molar-refractivity contribution < 1.29 is 4.52 Å². The van der Waals surface area contributed by atoms with Crippen LogP contribution in [-0.4, -0.2) is 10.1 Å². The van der Waals surface area contributed by atoms with Crippen LogP contribution < -0.4 is 5.32 Å². The summed E-state index contributed by atoms with van der Waals surface area (Å²) >= 11 is 1.81. The van der Waals surface area contributed by atoms with Crippen LogP contribution in [0.3, 0.4) is 0 Å². The summed E-state index contributed by atoms with van der Waals surface area (Å²) in [6, 6.07) is 10.7. The number of fused-ring (bicyclic) bond motifs is 1. The quantitative estimate of drug-likeness (QED) is 0.773. The van der Waals surface area contributed by atoms with Gasteiger partial charge in [0.2, 0.25) is 5.89 Å². The largest absolute Gasteiger partial charge is 0.338 e. The first-order valence-electron chi connectivity index (χ1n) is 7.48. The van der Waals surface area contributed by atoms with Crippen LogP contribution in [0, 0.1) is 0 Å². The molecule has 1 unspecified atom stereocenters. The minimum atomic E-state index is -0.0903. The summed E-state index contributed by atoms with van der Waals surface area (Å²) in [5, 5.41) is 8.83. The third-order valence-corrected chi connectivity index (χ3v) is 4.66. The van der Waals surface area contributed by atoms with E-state index in [9.17, 15) is 0 Å². The maximum Gasteiger partial charge on any atom is 0.243 e. The lowest BCUT2D eigenvalue weighted by Gasteiger charge is -2.11. The third-order valence-electron chi connectivity index (χ3n) is 3.54. The van der Waals surface area contributed by atoms with Crippen molar-refractivity contribution in [3.05, 3.63) is 46.9 Å². The molecule has 1 atom stereocenters. The number of rotatable bonds is 4. The molecule has 3 aromatic rings. The van der Waals surface area contributed by atoms with Crippen LogP contribution in [0.15, 0.2) is 34.9 Å². The Labute approximate surface area is 134 Å². The van der Waals surface area contributed by atoms with Crippen molar-refractivity contribution in [1.82, 2.24) is 15.5 Å². The molecule has 116 valence electrons. The van der Waals surface area contributed by atoms with Crippen LogP contribution in [0.1, 0.15) is 50.3 Å². The summed E-state index contributed by atoms with van der Waals surface area (Å²) in [7, 11) is 0. The first kappa shape index (κ1) is 15.2. The average molecular weight is 315 g/mol. The van der Waals surface area contributed by atoms with Gasteiger partial charge in [0.25, 0.3) is 0 Å². The molecule has 3 rings (SSSR count). The highest BCUT2D eigenvalue weighted by atomic mass is 32.1. The minimum absolute atomic E-state index is 0.0359. The number of benzene rings is 1. The van der Waals surface area contributed by atoms with E-state index in [1.54, 1.807) is 0 Å². The van der Waals surface area contributed by atoms with Gasteiger partial charge < -0.3 is 9.84 Å². The Morgan fingerprint density at radius 3 is 2.73 bits per heavy atom. The highest BCUT2D eigenvalue weighted by Gasteiger charge is 2.22. The summed E-state index contributed by atoms with van der Waals surface area (Å²) in [5.41, 5.74) is -0.0903. The number of hydrogen-bond donors (Lipinski definition) is 1. The van der Waals surface area contributed by atoms with Gasteiger partial charge in [-0.15, -0.1) is 11.3 Å². The van der Waals surface area contributed by atoms with Gasteiger partial charge in [0, 0.05) is 21.5 Å². The van der Waals surface area contributed by atoms with Crippen LogP contribution in [0.25, 0.3) is 10.1 Å². The molecule has 0 fully saturated rings. The first-order chi connectivity index (χ1) is 10.4. The predicted octanol–water partition coefficient (Wildman–Crippen LogP) is 4.43. The van der Waals surface area contributed by atoms with E-state index in [2.05, 4.69) is 66.6 Å². The molecule has 0 spiro atoms. The zero-order valence-corrected chi connectivity index (χ0v) is 14.2. The fourth-order valence-corrected chi connectivity index (χ4v) is 3.20. The zero-order valence-electron chi connectivity index (χ0n) is 13.4. The van der Waals surface area contributed by atoms with Crippen LogP contribution in [-0.2, 0) is 12.0 Å². The highest BCUT2D eigenvalue weighted by Crippen LogP contribution is 2.26. The van der Waals surface area contributed by atoms with E-state index in [-0.39, 0.29) is 11.5 Å². The van der Waals surface area contributed by atoms with Crippen LogP contribution in [0.5, 0.6) is 0 Å². The van der Waals surface area contributed by atoms with Crippen LogP contribution in [0.4, 0.5) is 0 Å². The average Bonchev–Trinajstić information content (AvgIpc) is 3.10. The van der Waals surface area contributed by atoms with Gasteiger partial charge in [-0.2, -0.15) is 4.98 Å². The van der Waals surface area contributed by atoms with E-state index in [0.29, 0.717) is 5.89 Å². The van der Waals surface area contributed by atoms with Gasteiger partial charge >= 0.3 is 0 Å². The lowest BCUT2D eigenvalue weighted by Crippen LogP contribution is -2.18. The maximum atomic E-state index is 5.38. The Morgan fingerprint density at radius 1 is 1.27 bits per heavy atom. The van der Waals surface area contributed by atoms with Crippen molar-refractivity contribution in [1.29, 1.82) is 0 Å². The second-order valence-electron chi connectivity index (χ2n) is 6.56. The standard InChI is InChI=1S/C17H21N3OS/c1-11(15-19-16(20-21-15)17(2,3)4)18-10-13-9-12-7-5-6-8-14(12)22-13/h5-9,11,18H,10H2,1-4H3. The van der Waals surface area contributed by atoms with Crippen molar-refractivity contribution in [3.8, 4) is 0 Å². The lowest BCUT2D eigenvalue weighted by atomic mass is 9.96. The SMILES string of the molecule is CC(NCc1cc2ccccc2s1)c1nc(C(C)(C)C)no1. The number of hydrogen-bond acceptors (Lipinski definition) is 5. The molecule has 0 saturated carbocycles. The summed E-state index contributed by atoms with van der Waals surface area (Å²) in [5.74, 6) is 1.39. The van der Waals surface area contributed by atoms with Crippen LogP contribution in [0.2, 0.25) is 0 Å². The molecule has 22 heavy (non-hydrogen) atoms. The predicted molar refractivity (Wildman–Crippen MR) is 90.1 cm³/mol. The number of aromatic nitrogens is 2. The lowest BCUT2D eigenvalue weighted by molar-refractivity contribution is 0.331. The molecule has 2 heterocycles. The Kier molecular flexibility index (Phi) is 4.02. The second kappa shape index (κ2) is 5.82. The molecule has 0 bridgehead atoms. The normalized spacial score (nSPS) is 13.6. The van der Waals surface area contributed by atoms with Crippen molar-refractivity contribution in [2.24, 2.45) is 0 Å². The van der Waals surface area contributed by atoms with Gasteiger partial charge in [0.1, 0.15) is 0 Å². The van der Waals surface area contributed by atoms with Crippen molar-refractivity contribution >= 4 is 21.4 Å². The molecule has 0 amide bonds. The molecule has 0 aliphatic carbocycles. The monoisotopic (exact) mass is 315 g/mol. The van der Waals surface area contributed by atoms with E-state index in [0.717, 1.165) is 12.4 Å². The molecule has 2 aromatic heterocycles. The van der Waals surface area contributed by atoms with Crippen molar-refractivity contribution in [2.75, 3.05) is 0 Å². The Balaban J connectivity index is 1.66. The molecule has 0 saturated heterocycles. The Hall–Kier alpha value is -1.72. The van der Waals surface area contributed by atoms with E-state index < -0.39 is 0 Å². The van der Waals surface area contributed by atoms with E-state index in [4.69, 9.17) is 4.52 Å². The topological polar surface area (TPSA) is 51.0 Å². The first-order valence-corrected chi connectivity index (χ1v) is 8.30. The van der Waals surface area contributed by atoms with Crippen molar-refractivity contribution in [2.45, 2.75) is 45.7 Å². The highest BCUT2D eigenvalue weighted by molar-refractivity contribution is 7.19. The molecule has 0 radical (unpaired) electrons. The number of nitrogens with zero attached hydrogens (tertiary/aromatic N) is 2. The van der Waals surface area contributed by atoms with Gasteiger partial charge in [0.15, 0.2) is 5.82 Å². The van der Waals surface area contributed by atoms with Gasteiger partial charge in [0.05, 0.1) is 6.04 Å². The van der Waals surface area contributed by atoms with Gasteiger partial charge in [-0.1, -0.05) is 44.1 Å².